The van der Waals surface area contributed by atoms with E-state index in [1.54, 1.807) is 0 Å². The van der Waals surface area contributed by atoms with Crippen LogP contribution in [-0.2, 0) is 23.8 Å². The number of esters is 2. The van der Waals surface area contributed by atoms with Gasteiger partial charge in [0.1, 0.15) is 12.2 Å². The average molecular weight is 329 g/mol. The molecule has 1 heterocycles. The molecule has 1 fully saturated rings. The van der Waals surface area contributed by atoms with Crippen molar-refractivity contribution in [2.45, 2.75) is 36.0 Å². The molecule has 0 amide bonds. The monoisotopic (exact) mass is 328 g/mol. The molecule has 1 aliphatic heterocycles. The number of hydrogen-bond donors (Lipinski definition) is 3. The molecule has 0 saturated carbocycles. The Labute approximate surface area is 111 Å². The maximum Gasteiger partial charge on any atom is 0.338 e. The highest BCUT2D eigenvalue weighted by Crippen LogP contribution is 2.36. The van der Waals surface area contributed by atoms with Crippen LogP contribution in [0.1, 0.15) is 6.92 Å². The molecule has 0 radical (unpaired) electrons. The molecule has 0 bridgehead atoms. The van der Waals surface area contributed by atoms with E-state index < -0.39 is 41.1 Å². The normalized spacial score (nSPS) is 40.1. The highest BCUT2D eigenvalue weighted by Gasteiger charge is 2.57. The van der Waals surface area contributed by atoms with Crippen LogP contribution in [0.5, 0.6) is 0 Å². The van der Waals surface area contributed by atoms with Crippen molar-refractivity contribution in [1.29, 1.82) is 0 Å². The van der Waals surface area contributed by atoms with E-state index in [1.165, 1.54) is 0 Å². The van der Waals surface area contributed by atoms with Gasteiger partial charge in [-0.25, -0.2) is 4.79 Å². The second-order valence-corrected chi connectivity index (χ2v) is 4.77. The third-order valence-electron chi connectivity index (χ3n) is 2.34. The van der Waals surface area contributed by atoms with Crippen LogP contribution in [0.2, 0.25) is 0 Å². The summed E-state index contributed by atoms with van der Waals surface area (Å²) in [6.07, 6.45) is -6.86. The number of carbonyl (C=O) groups excluding carboxylic acids is 2. The van der Waals surface area contributed by atoms with E-state index in [0.29, 0.717) is 0 Å². The fraction of sp³-hybridized carbons (Fsp3) is 0.778. The molecule has 1 rings (SSSR count). The van der Waals surface area contributed by atoms with Crippen molar-refractivity contribution in [2.75, 3.05) is 7.11 Å². The van der Waals surface area contributed by atoms with Gasteiger partial charge in [-0.1, -0.05) is 0 Å². The summed E-state index contributed by atoms with van der Waals surface area (Å²) in [7, 11) is 1.05. The number of carbonyl (C=O) groups is 2. The molecule has 0 aromatic heterocycles. The lowest BCUT2D eigenvalue weighted by Crippen LogP contribution is -2.64. The molecular weight excluding hydrogens is 316 g/mol. The molecule has 0 aromatic rings. The van der Waals surface area contributed by atoms with Gasteiger partial charge in [0, 0.05) is 6.92 Å². The Bertz CT molecular complexity index is 347. The first kappa shape index (κ1) is 15.3. The highest BCUT2D eigenvalue weighted by atomic mass is 79.9. The number of aliphatic hydroxyl groups excluding tert-OH is 3. The molecular formula is C9H13BrO8. The zero-order valence-electron chi connectivity index (χ0n) is 9.57. The first-order valence-corrected chi connectivity index (χ1v) is 5.70. The van der Waals surface area contributed by atoms with Gasteiger partial charge in [0.05, 0.1) is 7.11 Å². The Morgan fingerprint density at radius 2 is 1.83 bits per heavy atom. The number of methoxy groups -OCH3 is 1. The maximum absolute atomic E-state index is 11.3. The van der Waals surface area contributed by atoms with Crippen molar-refractivity contribution < 1.29 is 39.1 Å². The van der Waals surface area contributed by atoms with Crippen LogP contribution in [0, 0.1) is 0 Å². The molecule has 1 saturated heterocycles. The lowest BCUT2D eigenvalue weighted by molar-refractivity contribution is -0.300. The summed E-state index contributed by atoms with van der Waals surface area (Å²) in [4.78, 5) is 22.2. The third-order valence-corrected chi connectivity index (χ3v) is 3.16. The molecule has 9 heteroatoms. The van der Waals surface area contributed by atoms with E-state index in [0.717, 1.165) is 14.0 Å². The van der Waals surface area contributed by atoms with Crippen LogP contribution in [0.15, 0.2) is 0 Å². The molecule has 1 aliphatic rings. The SMILES string of the molecule is COC(=O)[C@H]1O[C@](Br)(OC(C)=O)[C@H](O)[C@@H](O)[C@@H]1O. The Morgan fingerprint density at radius 3 is 2.28 bits per heavy atom. The van der Waals surface area contributed by atoms with Gasteiger partial charge >= 0.3 is 16.6 Å². The van der Waals surface area contributed by atoms with Gasteiger partial charge < -0.3 is 29.5 Å². The van der Waals surface area contributed by atoms with Gasteiger partial charge in [0.2, 0.25) is 0 Å². The van der Waals surface area contributed by atoms with E-state index >= 15 is 0 Å². The van der Waals surface area contributed by atoms with Crippen LogP contribution >= 0.6 is 15.9 Å². The lowest BCUT2D eigenvalue weighted by Gasteiger charge is -2.43. The van der Waals surface area contributed by atoms with Crippen LogP contribution in [0.3, 0.4) is 0 Å². The Morgan fingerprint density at radius 1 is 1.28 bits per heavy atom. The smallest absolute Gasteiger partial charge is 0.338 e. The van der Waals surface area contributed by atoms with E-state index in [4.69, 9.17) is 4.74 Å². The topological polar surface area (TPSA) is 123 Å². The minimum Gasteiger partial charge on any atom is -0.467 e. The van der Waals surface area contributed by atoms with Crippen molar-refractivity contribution >= 4 is 27.9 Å². The fourth-order valence-corrected chi connectivity index (χ4v) is 2.17. The summed E-state index contributed by atoms with van der Waals surface area (Å²) < 4.78 is 11.9. The largest absolute Gasteiger partial charge is 0.467 e. The molecule has 0 aliphatic carbocycles. The van der Waals surface area contributed by atoms with E-state index in [2.05, 4.69) is 25.4 Å². The molecule has 0 unspecified atom stereocenters. The number of alkyl halides is 1. The van der Waals surface area contributed by atoms with Gasteiger partial charge in [-0.05, 0) is 15.9 Å². The molecule has 8 nitrogen and oxygen atoms in total. The molecule has 5 atom stereocenters. The molecule has 0 aromatic carbocycles. The number of hydrogen-bond acceptors (Lipinski definition) is 8. The molecule has 18 heavy (non-hydrogen) atoms. The quantitative estimate of drug-likeness (QED) is 0.403. The first-order chi connectivity index (χ1) is 8.23. The van der Waals surface area contributed by atoms with E-state index in [1.807, 2.05) is 0 Å². The Kier molecular flexibility index (Phi) is 4.67. The lowest BCUT2D eigenvalue weighted by atomic mass is 9.99. The number of halogens is 1. The first-order valence-electron chi connectivity index (χ1n) is 4.91. The second-order valence-electron chi connectivity index (χ2n) is 3.66. The summed E-state index contributed by atoms with van der Waals surface area (Å²) in [6.45, 7) is 1.05. The number of aliphatic hydroxyl groups is 3. The molecule has 3 N–H and O–H groups in total. The van der Waals surface area contributed by atoms with Crippen molar-refractivity contribution in [3.05, 3.63) is 0 Å². The zero-order chi connectivity index (χ0) is 14.1. The summed E-state index contributed by atoms with van der Waals surface area (Å²) in [5.41, 5.74) is 0. The number of ether oxygens (including phenoxy) is 3. The summed E-state index contributed by atoms with van der Waals surface area (Å²) in [5.74, 6) is -1.80. The van der Waals surface area contributed by atoms with Gasteiger partial charge in [-0.2, -0.15) is 0 Å². The van der Waals surface area contributed by atoms with Crippen LogP contribution in [0.4, 0.5) is 0 Å². The number of rotatable bonds is 2. The van der Waals surface area contributed by atoms with Crippen molar-refractivity contribution in [3.63, 3.8) is 0 Å². The van der Waals surface area contributed by atoms with Gasteiger partial charge in [-0.3, -0.25) is 4.79 Å². The minimum absolute atomic E-state index is 0.821. The molecule has 104 valence electrons. The second kappa shape index (κ2) is 5.49. The molecule has 0 spiro atoms. The van der Waals surface area contributed by atoms with Crippen molar-refractivity contribution in [1.82, 2.24) is 0 Å². The predicted octanol–water partition coefficient (Wildman–Crippen LogP) is -1.75. The van der Waals surface area contributed by atoms with Crippen molar-refractivity contribution in [2.24, 2.45) is 0 Å². The summed E-state index contributed by atoms with van der Waals surface area (Å²) in [6, 6.07) is 0. The van der Waals surface area contributed by atoms with Crippen molar-refractivity contribution in [3.8, 4) is 0 Å². The summed E-state index contributed by atoms with van der Waals surface area (Å²) in [5, 5.41) is 28.9. The maximum atomic E-state index is 11.3. The predicted molar refractivity (Wildman–Crippen MR) is 58.3 cm³/mol. The van der Waals surface area contributed by atoms with E-state index in [-0.39, 0.29) is 0 Å². The third kappa shape index (κ3) is 2.81. The Balaban J connectivity index is 3.00. The highest BCUT2D eigenvalue weighted by molar-refractivity contribution is 9.10. The standard InChI is InChI=1S/C9H13BrO8/c1-3(11)17-9(10)7(14)5(13)4(12)6(18-9)8(15)16-2/h4-7,12-14H,1-2H3/t4-,5-,6-,7+,9+/m0/s1. The van der Waals surface area contributed by atoms with Gasteiger partial charge in [0.15, 0.2) is 12.2 Å². The minimum atomic E-state index is -2.13. The average Bonchev–Trinajstić information content (AvgIpc) is 2.29. The zero-order valence-corrected chi connectivity index (χ0v) is 11.2. The van der Waals surface area contributed by atoms with Crippen LogP contribution in [-0.4, -0.2) is 63.5 Å². The fourth-order valence-electron chi connectivity index (χ4n) is 1.47. The summed E-state index contributed by atoms with van der Waals surface area (Å²) >= 11 is 2.77. The van der Waals surface area contributed by atoms with Crippen LogP contribution in [0.25, 0.3) is 0 Å². The van der Waals surface area contributed by atoms with Gasteiger partial charge in [-0.15, -0.1) is 0 Å². The van der Waals surface area contributed by atoms with E-state index in [9.17, 15) is 24.9 Å². The Hall–Kier alpha value is -0.740. The van der Waals surface area contributed by atoms with Gasteiger partial charge in [0.25, 0.3) is 0 Å². The van der Waals surface area contributed by atoms with Crippen LogP contribution < -0.4 is 0 Å².